The van der Waals surface area contributed by atoms with Crippen molar-refractivity contribution < 1.29 is 4.74 Å². The molecule has 0 amide bonds. The second-order valence-electron chi connectivity index (χ2n) is 3.95. The summed E-state index contributed by atoms with van der Waals surface area (Å²) in [6.07, 6.45) is 2.64. The van der Waals surface area contributed by atoms with E-state index in [1.165, 1.54) is 0 Å². The molecule has 0 spiro atoms. The van der Waals surface area contributed by atoms with Gasteiger partial charge >= 0.3 is 0 Å². The van der Waals surface area contributed by atoms with Crippen molar-refractivity contribution in [2.24, 2.45) is 0 Å². The standard InChI is InChI=1S/C11H15BrN2O2/c1-2-8-9(12)11(15)14-10(13-8)7-3-5-16-6-4-7/h7H,2-6H2,1H3,(H,13,14,15). The Morgan fingerprint density at radius 3 is 2.81 bits per heavy atom. The van der Waals surface area contributed by atoms with Crippen molar-refractivity contribution >= 4 is 15.9 Å². The third-order valence-electron chi connectivity index (χ3n) is 2.89. The minimum Gasteiger partial charge on any atom is -0.381 e. The Labute approximate surface area is 103 Å². The lowest BCUT2D eigenvalue weighted by Crippen LogP contribution is -2.22. The van der Waals surface area contributed by atoms with Crippen LogP contribution in [0.25, 0.3) is 0 Å². The molecule has 2 rings (SSSR count). The smallest absolute Gasteiger partial charge is 0.265 e. The summed E-state index contributed by atoms with van der Waals surface area (Å²) >= 11 is 3.27. The normalized spacial score (nSPS) is 17.6. The Morgan fingerprint density at radius 2 is 2.19 bits per heavy atom. The number of hydrogen-bond donors (Lipinski definition) is 1. The molecule has 5 heteroatoms. The minimum absolute atomic E-state index is 0.0756. The largest absolute Gasteiger partial charge is 0.381 e. The SMILES string of the molecule is CCc1nc(C2CCOCC2)[nH]c(=O)c1Br. The second-order valence-corrected chi connectivity index (χ2v) is 4.75. The summed E-state index contributed by atoms with van der Waals surface area (Å²) in [5.74, 6) is 1.15. The van der Waals surface area contributed by atoms with Crippen LogP contribution in [0, 0.1) is 0 Å². The monoisotopic (exact) mass is 286 g/mol. The van der Waals surface area contributed by atoms with Crippen molar-refractivity contribution in [2.75, 3.05) is 13.2 Å². The van der Waals surface area contributed by atoms with Gasteiger partial charge < -0.3 is 9.72 Å². The van der Waals surface area contributed by atoms with Crippen LogP contribution in [0.5, 0.6) is 0 Å². The highest BCUT2D eigenvalue weighted by atomic mass is 79.9. The molecule has 1 aliphatic rings. The van der Waals surface area contributed by atoms with Crippen molar-refractivity contribution in [3.8, 4) is 0 Å². The molecule has 0 bridgehead atoms. The van der Waals surface area contributed by atoms with E-state index in [1.54, 1.807) is 0 Å². The fraction of sp³-hybridized carbons (Fsp3) is 0.636. The van der Waals surface area contributed by atoms with Crippen LogP contribution in [-0.4, -0.2) is 23.2 Å². The van der Waals surface area contributed by atoms with Crippen molar-refractivity contribution in [2.45, 2.75) is 32.1 Å². The third-order valence-corrected chi connectivity index (χ3v) is 3.71. The zero-order valence-electron chi connectivity index (χ0n) is 9.25. The van der Waals surface area contributed by atoms with Gasteiger partial charge in [0.25, 0.3) is 5.56 Å². The molecule has 0 aliphatic carbocycles. The first kappa shape index (κ1) is 11.8. The summed E-state index contributed by atoms with van der Waals surface area (Å²) in [5, 5.41) is 0. The number of hydrogen-bond acceptors (Lipinski definition) is 3. The molecule has 2 heterocycles. The van der Waals surface area contributed by atoms with Gasteiger partial charge in [0.1, 0.15) is 10.3 Å². The van der Waals surface area contributed by atoms with Gasteiger partial charge in [-0.2, -0.15) is 0 Å². The number of rotatable bonds is 2. The molecule has 0 aromatic carbocycles. The highest BCUT2D eigenvalue weighted by Crippen LogP contribution is 2.24. The van der Waals surface area contributed by atoms with E-state index in [-0.39, 0.29) is 5.56 Å². The van der Waals surface area contributed by atoms with Gasteiger partial charge in [-0.05, 0) is 35.2 Å². The molecule has 0 radical (unpaired) electrons. The topological polar surface area (TPSA) is 55.0 Å². The number of nitrogens with one attached hydrogen (secondary N) is 1. The van der Waals surface area contributed by atoms with Gasteiger partial charge in [-0.15, -0.1) is 0 Å². The Hall–Kier alpha value is -0.680. The fourth-order valence-electron chi connectivity index (χ4n) is 1.92. The fourth-order valence-corrected chi connectivity index (χ4v) is 2.39. The average molecular weight is 287 g/mol. The first-order chi connectivity index (χ1) is 7.72. The lowest BCUT2D eigenvalue weighted by Gasteiger charge is -2.21. The summed E-state index contributed by atoms with van der Waals surface area (Å²) in [4.78, 5) is 19.1. The predicted octanol–water partition coefficient (Wildman–Crippen LogP) is 1.99. The average Bonchev–Trinajstić information content (AvgIpc) is 2.33. The number of nitrogens with zero attached hydrogens (tertiary/aromatic N) is 1. The first-order valence-electron chi connectivity index (χ1n) is 5.58. The predicted molar refractivity (Wildman–Crippen MR) is 64.7 cm³/mol. The molecule has 1 fully saturated rings. The van der Waals surface area contributed by atoms with Gasteiger partial charge in [0.15, 0.2) is 0 Å². The van der Waals surface area contributed by atoms with E-state index in [9.17, 15) is 4.79 Å². The lowest BCUT2D eigenvalue weighted by molar-refractivity contribution is 0.0834. The molecular weight excluding hydrogens is 272 g/mol. The van der Waals surface area contributed by atoms with Crippen molar-refractivity contribution in [1.29, 1.82) is 0 Å². The maximum Gasteiger partial charge on any atom is 0.265 e. The number of aryl methyl sites for hydroxylation is 1. The maximum atomic E-state index is 11.7. The van der Waals surface area contributed by atoms with E-state index in [0.717, 1.165) is 44.0 Å². The quantitative estimate of drug-likeness (QED) is 0.905. The van der Waals surface area contributed by atoms with Crippen LogP contribution in [0.2, 0.25) is 0 Å². The Bertz CT molecular complexity index is 424. The van der Waals surface area contributed by atoms with E-state index < -0.39 is 0 Å². The summed E-state index contributed by atoms with van der Waals surface area (Å²) in [6, 6.07) is 0. The molecule has 1 aromatic rings. The maximum absolute atomic E-state index is 11.7. The highest BCUT2D eigenvalue weighted by Gasteiger charge is 2.19. The van der Waals surface area contributed by atoms with Crippen LogP contribution in [-0.2, 0) is 11.2 Å². The van der Waals surface area contributed by atoms with Gasteiger partial charge in [0.05, 0.1) is 5.69 Å². The van der Waals surface area contributed by atoms with Crippen LogP contribution in [0.15, 0.2) is 9.27 Å². The van der Waals surface area contributed by atoms with Gasteiger partial charge in [-0.1, -0.05) is 6.92 Å². The van der Waals surface area contributed by atoms with E-state index in [1.807, 2.05) is 6.92 Å². The Kier molecular flexibility index (Phi) is 3.76. The van der Waals surface area contributed by atoms with Crippen LogP contribution in [0.4, 0.5) is 0 Å². The van der Waals surface area contributed by atoms with Gasteiger partial charge in [0, 0.05) is 19.1 Å². The first-order valence-corrected chi connectivity index (χ1v) is 6.38. The highest BCUT2D eigenvalue weighted by molar-refractivity contribution is 9.10. The summed E-state index contributed by atoms with van der Waals surface area (Å²) in [5.41, 5.74) is 0.763. The van der Waals surface area contributed by atoms with Crippen molar-refractivity contribution in [3.05, 3.63) is 26.3 Å². The molecule has 0 unspecified atom stereocenters. The molecule has 1 aliphatic heterocycles. The van der Waals surface area contributed by atoms with E-state index in [4.69, 9.17) is 4.74 Å². The molecule has 4 nitrogen and oxygen atoms in total. The summed E-state index contributed by atoms with van der Waals surface area (Å²) in [6.45, 7) is 3.51. The number of halogens is 1. The molecule has 0 atom stereocenters. The molecule has 88 valence electrons. The van der Waals surface area contributed by atoms with E-state index >= 15 is 0 Å². The number of H-pyrrole nitrogens is 1. The van der Waals surface area contributed by atoms with Crippen LogP contribution in [0.3, 0.4) is 0 Å². The zero-order valence-corrected chi connectivity index (χ0v) is 10.8. The van der Waals surface area contributed by atoms with Gasteiger partial charge in [-0.3, -0.25) is 4.79 Å². The zero-order chi connectivity index (χ0) is 11.5. The minimum atomic E-state index is -0.0756. The Balaban J connectivity index is 2.33. The number of aromatic amines is 1. The summed E-state index contributed by atoms with van der Waals surface area (Å²) in [7, 11) is 0. The molecular formula is C11H15BrN2O2. The van der Waals surface area contributed by atoms with Gasteiger partial charge in [0.2, 0.25) is 0 Å². The van der Waals surface area contributed by atoms with Crippen LogP contribution in [0.1, 0.15) is 37.2 Å². The van der Waals surface area contributed by atoms with Gasteiger partial charge in [-0.25, -0.2) is 4.98 Å². The molecule has 16 heavy (non-hydrogen) atoms. The molecule has 1 aromatic heterocycles. The molecule has 1 saturated heterocycles. The van der Waals surface area contributed by atoms with Crippen molar-refractivity contribution in [3.63, 3.8) is 0 Å². The van der Waals surface area contributed by atoms with Crippen LogP contribution < -0.4 is 5.56 Å². The van der Waals surface area contributed by atoms with E-state index in [2.05, 4.69) is 25.9 Å². The Morgan fingerprint density at radius 1 is 1.50 bits per heavy atom. The van der Waals surface area contributed by atoms with E-state index in [0.29, 0.717) is 10.4 Å². The number of ether oxygens (including phenoxy) is 1. The lowest BCUT2D eigenvalue weighted by atomic mass is 9.99. The second kappa shape index (κ2) is 5.10. The number of aromatic nitrogens is 2. The van der Waals surface area contributed by atoms with Crippen LogP contribution >= 0.6 is 15.9 Å². The molecule has 0 saturated carbocycles. The third kappa shape index (κ3) is 2.35. The summed E-state index contributed by atoms with van der Waals surface area (Å²) < 4.78 is 5.86. The molecule has 1 N–H and O–H groups in total. The van der Waals surface area contributed by atoms with Crippen molar-refractivity contribution in [1.82, 2.24) is 9.97 Å².